The first-order chi connectivity index (χ1) is 23.4. The minimum Gasteiger partial charge on any atom is -0.223 e. The van der Waals surface area contributed by atoms with Gasteiger partial charge in [-0.3, -0.25) is 0 Å². The summed E-state index contributed by atoms with van der Waals surface area (Å²) >= 11 is 0. The number of benzene rings is 4. The fraction of sp³-hybridized carbons (Fsp3) is 0.415. The zero-order chi connectivity index (χ0) is 39.4. The smallest absolute Gasteiger partial charge is 0.180 e. The minimum atomic E-state index is -3.11. The second kappa shape index (κ2) is 22.2. The summed E-state index contributed by atoms with van der Waals surface area (Å²) in [5.41, 5.74) is 2.70. The van der Waals surface area contributed by atoms with Gasteiger partial charge >= 0.3 is 0 Å². The molecule has 8 nitrogen and oxygen atoms in total. The van der Waals surface area contributed by atoms with Crippen LogP contribution in [0.15, 0.2) is 123 Å². The van der Waals surface area contributed by atoms with E-state index in [1.165, 1.54) is 0 Å². The first kappa shape index (κ1) is 51.8. The summed E-state index contributed by atoms with van der Waals surface area (Å²) in [4.78, 5) is 1.71. The number of sulfone groups is 4. The maximum atomic E-state index is 11.8. The summed E-state index contributed by atoms with van der Waals surface area (Å²) in [5, 5.41) is -1.41. The molecule has 4 rings (SSSR count). The highest BCUT2D eigenvalue weighted by molar-refractivity contribution is 7.92. The average Bonchev–Trinajstić information content (AvgIpc) is 3.06. The molecule has 0 unspecified atom stereocenters. The van der Waals surface area contributed by atoms with E-state index in [2.05, 4.69) is 0 Å². The van der Waals surface area contributed by atoms with E-state index < -0.39 is 39.3 Å². The molecular formula is C41H62O8S4. The molecule has 0 bridgehead atoms. The Kier molecular flexibility index (Phi) is 21.6. The second-order valence-corrected chi connectivity index (χ2v) is 23.0. The second-order valence-electron chi connectivity index (χ2n) is 13.0. The summed E-state index contributed by atoms with van der Waals surface area (Å²) in [6.07, 6.45) is 0. The molecule has 0 spiro atoms. The lowest BCUT2D eigenvalue weighted by atomic mass is 10.2. The van der Waals surface area contributed by atoms with Crippen LogP contribution in [0, 0.1) is 20.8 Å². The van der Waals surface area contributed by atoms with Crippen LogP contribution in [0.3, 0.4) is 0 Å². The predicted octanol–water partition coefficient (Wildman–Crippen LogP) is 9.67. The summed E-state index contributed by atoms with van der Waals surface area (Å²) in [5.74, 6) is 0. The van der Waals surface area contributed by atoms with Crippen molar-refractivity contribution in [3.63, 3.8) is 0 Å². The van der Waals surface area contributed by atoms with Gasteiger partial charge in [0.25, 0.3) is 0 Å². The number of hydrogen-bond donors (Lipinski definition) is 0. The van der Waals surface area contributed by atoms with Crippen molar-refractivity contribution in [1.82, 2.24) is 0 Å². The van der Waals surface area contributed by atoms with Gasteiger partial charge in [0.1, 0.15) is 0 Å². The number of aryl methyl sites for hydroxylation is 3. The van der Waals surface area contributed by atoms with Crippen molar-refractivity contribution in [1.29, 1.82) is 0 Å². The van der Waals surface area contributed by atoms with Gasteiger partial charge in [-0.15, -0.1) is 0 Å². The molecule has 4 aromatic carbocycles. The van der Waals surface area contributed by atoms with E-state index in [4.69, 9.17) is 0 Å². The van der Waals surface area contributed by atoms with Crippen LogP contribution >= 0.6 is 0 Å². The zero-order valence-electron chi connectivity index (χ0n) is 31.5. The van der Waals surface area contributed by atoms with Gasteiger partial charge in [-0.1, -0.05) is 87.1 Å². The van der Waals surface area contributed by atoms with E-state index in [-0.39, 0.29) is 35.9 Å². The Hall–Kier alpha value is -3.32. The lowest BCUT2D eigenvalue weighted by Gasteiger charge is -2.09. The van der Waals surface area contributed by atoms with Crippen LogP contribution in [0.4, 0.5) is 0 Å². The molecule has 0 atom stereocenters. The van der Waals surface area contributed by atoms with Crippen LogP contribution in [-0.2, 0) is 39.3 Å². The largest absolute Gasteiger partial charge is 0.223 e. The molecule has 4 aromatic rings. The van der Waals surface area contributed by atoms with Crippen LogP contribution in [-0.4, -0.2) is 54.7 Å². The van der Waals surface area contributed by atoms with Crippen molar-refractivity contribution >= 4 is 39.3 Å². The van der Waals surface area contributed by atoms with Gasteiger partial charge in [-0.25, -0.2) is 33.7 Å². The van der Waals surface area contributed by atoms with Gasteiger partial charge in [0.2, 0.25) is 0 Å². The fourth-order valence-electron chi connectivity index (χ4n) is 4.14. The third-order valence-corrected chi connectivity index (χ3v) is 16.7. The Morgan fingerprint density at radius 1 is 0.340 bits per heavy atom. The molecule has 0 radical (unpaired) electrons. The topological polar surface area (TPSA) is 137 Å². The van der Waals surface area contributed by atoms with Gasteiger partial charge < -0.3 is 0 Å². The fourth-order valence-corrected chi connectivity index (χ4v) is 8.87. The zero-order valence-corrected chi connectivity index (χ0v) is 34.8. The Labute approximate surface area is 322 Å². The maximum absolute atomic E-state index is 11.8. The highest BCUT2D eigenvalue weighted by Gasteiger charge is 2.22. The molecule has 0 aliphatic carbocycles. The first-order valence-electron chi connectivity index (χ1n) is 16.6. The molecule has 0 saturated carbocycles. The lowest BCUT2D eigenvalue weighted by molar-refractivity contribution is 0.585. The molecule has 0 aliphatic rings. The van der Waals surface area contributed by atoms with Crippen LogP contribution in [0.5, 0.6) is 0 Å². The van der Waals surface area contributed by atoms with Crippen LogP contribution in [0.2, 0.25) is 0 Å². The van der Waals surface area contributed by atoms with E-state index in [1.54, 1.807) is 122 Å². The molecule has 53 heavy (non-hydrogen) atoms. The predicted molar refractivity (Wildman–Crippen MR) is 223 cm³/mol. The SMILES string of the molecule is C.C.CC(C)S(=O)(=O)c1ccccc1.Cc1ccc(S(=O)(=O)C(C)C)cc1.Cc1ccccc1S(=O)(=O)C(C)C.Cc1ccccc1S(=O)(=O)C(C)C. The molecule has 298 valence electrons. The van der Waals surface area contributed by atoms with Crippen molar-refractivity contribution in [3.8, 4) is 0 Å². The van der Waals surface area contributed by atoms with Gasteiger partial charge in [-0.05, 0) is 124 Å². The maximum Gasteiger partial charge on any atom is 0.180 e. The van der Waals surface area contributed by atoms with Crippen molar-refractivity contribution in [2.75, 3.05) is 0 Å². The van der Waals surface area contributed by atoms with Gasteiger partial charge in [-0.2, -0.15) is 0 Å². The molecule has 0 N–H and O–H groups in total. The van der Waals surface area contributed by atoms with Crippen molar-refractivity contribution in [2.24, 2.45) is 0 Å². The Balaban J connectivity index is 0. The lowest BCUT2D eigenvalue weighted by Crippen LogP contribution is -2.14. The third kappa shape index (κ3) is 14.8. The summed E-state index contributed by atoms with van der Waals surface area (Å²) in [6.45, 7) is 19.1. The van der Waals surface area contributed by atoms with E-state index in [0.717, 1.165) is 16.7 Å². The quantitative estimate of drug-likeness (QED) is 0.172. The standard InChI is InChI=1S/3C10H14O2S.C9H12O2S.2CH4/c1-8(2)13(11,12)10-6-4-9(3)5-7-10;2*1-8(2)13(11,12)10-7-5-4-6-9(10)3;1-8(2)12(10,11)9-6-4-3-5-7-9;;/h3*4-8H,1-3H3;3-8H,1-2H3;2*1H4. The van der Waals surface area contributed by atoms with Crippen LogP contribution < -0.4 is 0 Å². The number of hydrogen-bond acceptors (Lipinski definition) is 8. The molecule has 0 heterocycles. The summed E-state index contributed by atoms with van der Waals surface area (Å²) in [6, 6.07) is 29.6. The van der Waals surface area contributed by atoms with Crippen molar-refractivity contribution in [3.05, 3.63) is 120 Å². The molecular weight excluding hydrogens is 749 g/mol. The number of rotatable bonds is 8. The molecule has 0 amide bonds. The van der Waals surface area contributed by atoms with E-state index in [1.807, 2.05) is 57.2 Å². The highest BCUT2D eigenvalue weighted by atomic mass is 32.2. The minimum absolute atomic E-state index is 0. The first-order valence-corrected chi connectivity index (χ1v) is 22.8. The monoisotopic (exact) mass is 810 g/mol. The van der Waals surface area contributed by atoms with Gasteiger partial charge in [0, 0.05) is 0 Å². The third-order valence-electron chi connectivity index (χ3n) is 7.70. The highest BCUT2D eigenvalue weighted by Crippen LogP contribution is 2.20. The van der Waals surface area contributed by atoms with Crippen molar-refractivity contribution < 1.29 is 33.7 Å². The normalized spacial score (nSPS) is 11.5. The Bertz CT molecular complexity index is 2040. The molecule has 0 fully saturated rings. The van der Waals surface area contributed by atoms with Crippen LogP contribution in [0.25, 0.3) is 0 Å². The Morgan fingerprint density at radius 3 is 0.887 bits per heavy atom. The average molecular weight is 811 g/mol. The molecule has 0 aromatic heterocycles. The van der Waals surface area contributed by atoms with Crippen molar-refractivity contribution in [2.45, 2.75) is 132 Å². The van der Waals surface area contributed by atoms with Gasteiger partial charge in [0.15, 0.2) is 39.3 Å². The van der Waals surface area contributed by atoms with E-state index >= 15 is 0 Å². The van der Waals surface area contributed by atoms with E-state index in [9.17, 15) is 33.7 Å². The van der Waals surface area contributed by atoms with Crippen LogP contribution in [0.1, 0.15) is 86.9 Å². The molecule has 0 aliphatic heterocycles. The molecule has 0 saturated heterocycles. The Morgan fingerprint density at radius 2 is 0.604 bits per heavy atom. The van der Waals surface area contributed by atoms with E-state index in [0.29, 0.717) is 19.6 Å². The summed E-state index contributed by atoms with van der Waals surface area (Å²) in [7, 11) is -12.4. The molecule has 12 heteroatoms. The van der Waals surface area contributed by atoms with Gasteiger partial charge in [0.05, 0.1) is 40.6 Å². The summed E-state index contributed by atoms with van der Waals surface area (Å²) < 4.78 is 93.4.